The first-order valence-electron chi connectivity index (χ1n) is 11.2. The van der Waals surface area contributed by atoms with Crippen LogP contribution in [0.2, 0.25) is 0 Å². The van der Waals surface area contributed by atoms with E-state index >= 15 is 0 Å². The Bertz CT molecular complexity index is 864. The number of carboxylic acid groups (broad SMARTS) is 1. The van der Waals surface area contributed by atoms with E-state index in [1.165, 1.54) is 0 Å². The van der Waals surface area contributed by atoms with E-state index in [0.29, 0.717) is 19.4 Å². The molecule has 172 valence electrons. The summed E-state index contributed by atoms with van der Waals surface area (Å²) in [6, 6.07) is 17.7. The maximum Gasteiger partial charge on any atom is 0.306 e. The van der Waals surface area contributed by atoms with Gasteiger partial charge in [-0.05, 0) is 36.0 Å². The monoisotopic (exact) mass is 439 g/mol. The summed E-state index contributed by atoms with van der Waals surface area (Å²) in [5.74, 6) is -2.16. The lowest BCUT2D eigenvalue weighted by Crippen LogP contribution is -2.38. The minimum atomic E-state index is -0.900. The number of esters is 1. The van der Waals surface area contributed by atoms with Crippen LogP contribution in [0.5, 0.6) is 0 Å². The SMILES string of the molecule is CCCCOC(=O)CCC(=O)N[C@H](Cc1ccc(-c2ccccc2)cc1)C[C@@H](C)C(=O)O. The smallest absolute Gasteiger partial charge is 0.306 e. The largest absolute Gasteiger partial charge is 0.481 e. The number of amides is 1. The number of carboxylic acids is 1. The molecule has 2 rings (SSSR count). The second kappa shape index (κ2) is 13.3. The molecule has 2 aromatic rings. The topological polar surface area (TPSA) is 92.7 Å². The van der Waals surface area contributed by atoms with Gasteiger partial charge in [-0.2, -0.15) is 0 Å². The zero-order valence-electron chi connectivity index (χ0n) is 18.9. The normalized spacial score (nSPS) is 12.6. The van der Waals surface area contributed by atoms with Crippen LogP contribution in [0.1, 0.15) is 51.5 Å². The molecule has 0 fully saturated rings. The Balaban J connectivity index is 1.96. The van der Waals surface area contributed by atoms with Crippen LogP contribution >= 0.6 is 0 Å². The van der Waals surface area contributed by atoms with E-state index in [-0.39, 0.29) is 30.8 Å². The number of aliphatic carboxylic acids is 1. The third kappa shape index (κ3) is 8.92. The lowest BCUT2D eigenvalue weighted by atomic mass is 9.95. The quantitative estimate of drug-likeness (QED) is 0.351. The standard InChI is InChI=1S/C26H33NO5/c1-3-4-16-32-25(29)15-14-24(28)27-23(17-19(2)26(30)31)18-20-10-12-22(13-11-20)21-8-6-5-7-9-21/h5-13,19,23H,3-4,14-18H2,1-2H3,(H,27,28)(H,30,31)/t19-,23+/m1/s1. The number of carbonyl (C=O) groups is 3. The summed E-state index contributed by atoms with van der Waals surface area (Å²) in [4.78, 5) is 35.5. The molecule has 0 aliphatic carbocycles. The van der Waals surface area contributed by atoms with Crippen molar-refractivity contribution >= 4 is 17.8 Å². The molecule has 0 radical (unpaired) electrons. The molecular weight excluding hydrogens is 406 g/mol. The Kier molecular flexibility index (Phi) is 10.4. The second-order valence-corrected chi connectivity index (χ2v) is 8.08. The molecule has 6 heteroatoms. The third-order valence-electron chi connectivity index (χ3n) is 5.29. The highest BCUT2D eigenvalue weighted by atomic mass is 16.5. The average Bonchev–Trinajstić information content (AvgIpc) is 2.79. The highest BCUT2D eigenvalue weighted by Gasteiger charge is 2.21. The van der Waals surface area contributed by atoms with Gasteiger partial charge in [0.1, 0.15) is 0 Å². The van der Waals surface area contributed by atoms with Crippen LogP contribution in [0.4, 0.5) is 0 Å². The Labute approximate surface area is 190 Å². The van der Waals surface area contributed by atoms with Gasteiger partial charge in [0.2, 0.25) is 5.91 Å². The minimum Gasteiger partial charge on any atom is -0.481 e. The molecule has 1 amide bonds. The Morgan fingerprint density at radius 3 is 2.25 bits per heavy atom. The number of hydrogen-bond donors (Lipinski definition) is 2. The first-order valence-corrected chi connectivity index (χ1v) is 11.2. The van der Waals surface area contributed by atoms with Gasteiger partial charge in [-0.15, -0.1) is 0 Å². The van der Waals surface area contributed by atoms with Gasteiger partial charge >= 0.3 is 11.9 Å². The van der Waals surface area contributed by atoms with E-state index in [1.807, 2.05) is 61.5 Å². The van der Waals surface area contributed by atoms with Crippen molar-refractivity contribution < 1.29 is 24.2 Å². The van der Waals surface area contributed by atoms with Crippen molar-refractivity contribution in [2.24, 2.45) is 5.92 Å². The second-order valence-electron chi connectivity index (χ2n) is 8.08. The van der Waals surface area contributed by atoms with Crippen molar-refractivity contribution in [3.63, 3.8) is 0 Å². The van der Waals surface area contributed by atoms with Crippen molar-refractivity contribution in [3.8, 4) is 11.1 Å². The lowest BCUT2D eigenvalue weighted by Gasteiger charge is -2.21. The van der Waals surface area contributed by atoms with E-state index < -0.39 is 11.9 Å². The van der Waals surface area contributed by atoms with E-state index in [2.05, 4.69) is 5.32 Å². The molecule has 0 saturated carbocycles. The summed E-state index contributed by atoms with van der Waals surface area (Å²) >= 11 is 0. The maximum absolute atomic E-state index is 12.4. The summed E-state index contributed by atoms with van der Waals surface area (Å²) < 4.78 is 5.08. The molecule has 2 aromatic carbocycles. The van der Waals surface area contributed by atoms with Gasteiger partial charge in [-0.25, -0.2) is 0 Å². The minimum absolute atomic E-state index is 0.0164. The van der Waals surface area contributed by atoms with Gasteiger partial charge in [0, 0.05) is 12.5 Å². The highest BCUT2D eigenvalue weighted by molar-refractivity contribution is 5.81. The molecule has 0 spiro atoms. The molecule has 0 saturated heterocycles. The fourth-order valence-electron chi connectivity index (χ4n) is 3.39. The van der Waals surface area contributed by atoms with Gasteiger partial charge in [0.15, 0.2) is 0 Å². The summed E-state index contributed by atoms with van der Waals surface area (Å²) in [7, 11) is 0. The molecule has 2 N–H and O–H groups in total. The number of unbranched alkanes of at least 4 members (excludes halogenated alkanes) is 1. The number of carbonyl (C=O) groups excluding carboxylic acids is 2. The van der Waals surface area contributed by atoms with E-state index in [4.69, 9.17) is 4.74 Å². The van der Waals surface area contributed by atoms with Crippen molar-refractivity contribution in [3.05, 3.63) is 60.2 Å². The number of nitrogens with one attached hydrogen (secondary N) is 1. The van der Waals surface area contributed by atoms with Crippen molar-refractivity contribution in [2.75, 3.05) is 6.61 Å². The summed E-state index contributed by atoms with van der Waals surface area (Å²) in [5.41, 5.74) is 3.22. The summed E-state index contributed by atoms with van der Waals surface area (Å²) in [6.45, 7) is 4.01. The van der Waals surface area contributed by atoms with Crippen LogP contribution in [0.3, 0.4) is 0 Å². The molecule has 0 aliphatic heterocycles. The fourth-order valence-corrected chi connectivity index (χ4v) is 3.39. The van der Waals surface area contributed by atoms with Crippen LogP contribution in [0, 0.1) is 5.92 Å². The van der Waals surface area contributed by atoms with Crippen LogP contribution in [-0.4, -0.2) is 35.6 Å². The zero-order chi connectivity index (χ0) is 23.3. The van der Waals surface area contributed by atoms with Gasteiger partial charge in [0.25, 0.3) is 0 Å². The Hall–Kier alpha value is -3.15. The molecule has 0 unspecified atom stereocenters. The molecule has 6 nitrogen and oxygen atoms in total. The molecule has 32 heavy (non-hydrogen) atoms. The predicted octanol–water partition coefficient (Wildman–Crippen LogP) is 4.62. The third-order valence-corrected chi connectivity index (χ3v) is 5.29. The number of ether oxygens (including phenoxy) is 1. The van der Waals surface area contributed by atoms with Crippen LogP contribution in [0.25, 0.3) is 11.1 Å². The average molecular weight is 440 g/mol. The maximum atomic E-state index is 12.4. The Morgan fingerprint density at radius 1 is 0.969 bits per heavy atom. The van der Waals surface area contributed by atoms with Gasteiger partial charge < -0.3 is 15.2 Å². The number of rotatable bonds is 13. The van der Waals surface area contributed by atoms with Crippen LogP contribution in [-0.2, 0) is 25.5 Å². The van der Waals surface area contributed by atoms with Gasteiger partial charge in [-0.1, -0.05) is 74.9 Å². The molecular formula is C26H33NO5. The predicted molar refractivity (Wildman–Crippen MR) is 124 cm³/mol. The van der Waals surface area contributed by atoms with E-state index in [1.54, 1.807) is 6.92 Å². The molecule has 0 aromatic heterocycles. The lowest BCUT2D eigenvalue weighted by molar-refractivity contribution is -0.145. The molecule has 0 bridgehead atoms. The van der Waals surface area contributed by atoms with Crippen molar-refractivity contribution in [2.45, 2.75) is 58.4 Å². The van der Waals surface area contributed by atoms with E-state index in [9.17, 15) is 19.5 Å². The van der Waals surface area contributed by atoms with Crippen LogP contribution in [0.15, 0.2) is 54.6 Å². The first kappa shape index (κ1) is 25.1. The van der Waals surface area contributed by atoms with Crippen molar-refractivity contribution in [1.29, 1.82) is 0 Å². The van der Waals surface area contributed by atoms with Crippen molar-refractivity contribution in [1.82, 2.24) is 5.32 Å². The fraction of sp³-hybridized carbons (Fsp3) is 0.423. The van der Waals surface area contributed by atoms with E-state index in [0.717, 1.165) is 29.5 Å². The molecule has 0 aliphatic rings. The zero-order valence-corrected chi connectivity index (χ0v) is 18.9. The van der Waals surface area contributed by atoms with Gasteiger partial charge in [-0.3, -0.25) is 14.4 Å². The number of benzene rings is 2. The van der Waals surface area contributed by atoms with Crippen LogP contribution < -0.4 is 5.32 Å². The summed E-state index contributed by atoms with van der Waals surface area (Å²) in [5, 5.41) is 12.2. The first-order chi connectivity index (χ1) is 15.4. The van der Waals surface area contributed by atoms with Gasteiger partial charge in [0.05, 0.1) is 18.9 Å². The molecule has 0 heterocycles. The summed E-state index contributed by atoms with van der Waals surface area (Å²) in [6.07, 6.45) is 2.60. The highest BCUT2D eigenvalue weighted by Crippen LogP contribution is 2.20. The Morgan fingerprint density at radius 2 is 1.62 bits per heavy atom. The molecule has 2 atom stereocenters. The number of hydrogen-bond acceptors (Lipinski definition) is 4.